The molecule has 4 heteroatoms. The van der Waals surface area contributed by atoms with Gasteiger partial charge in [0.25, 0.3) is 0 Å². The second-order valence-electron chi connectivity index (χ2n) is 5.25. The Hall–Kier alpha value is -2.49. The van der Waals surface area contributed by atoms with Crippen LogP contribution in [0.3, 0.4) is 0 Å². The summed E-state index contributed by atoms with van der Waals surface area (Å²) in [5.41, 5.74) is 3.66. The van der Waals surface area contributed by atoms with E-state index in [1.807, 2.05) is 25.1 Å². The van der Waals surface area contributed by atoms with E-state index in [4.69, 9.17) is 4.74 Å². The Morgan fingerprint density at radius 1 is 0.957 bits per heavy atom. The highest BCUT2D eigenvalue weighted by atomic mass is 16.5. The first-order valence-corrected chi connectivity index (χ1v) is 7.94. The molecule has 0 aliphatic rings. The molecule has 0 saturated heterocycles. The van der Waals surface area contributed by atoms with Gasteiger partial charge in [-0.1, -0.05) is 42.5 Å². The van der Waals surface area contributed by atoms with Crippen molar-refractivity contribution < 1.29 is 4.74 Å². The third-order valence-corrected chi connectivity index (χ3v) is 3.65. The minimum Gasteiger partial charge on any atom is -0.494 e. The van der Waals surface area contributed by atoms with Gasteiger partial charge in [0.15, 0.2) is 5.96 Å². The number of hydrogen-bond donors (Lipinski definition) is 2. The molecule has 0 amide bonds. The van der Waals surface area contributed by atoms with E-state index >= 15 is 0 Å². The van der Waals surface area contributed by atoms with Crippen LogP contribution in [0.25, 0.3) is 0 Å². The van der Waals surface area contributed by atoms with Gasteiger partial charge >= 0.3 is 0 Å². The Bertz CT molecular complexity index is 653. The van der Waals surface area contributed by atoms with Crippen LogP contribution in [0.1, 0.15) is 23.6 Å². The van der Waals surface area contributed by atoms with E-state index in [2.05, 4.69) is 52.9 Å². The summed E-state index contributed by atoms with van der Waals surface area (Å²) in [5.74, 6) is 1.69. The molecule has 0 aliphatic heterocycles. The standard InChI is InChI=1S/C19H25N3O/c1-4-23-18-12-8-7-11-17(18)14-22-19(20-3)21-13-16-10-6-5-9-15(16)2/h5-12H,4,13-14H2,1-3H3,(H2,20,21,22). The van der Waals surface area contributed by atoms with Gasteiger partial charge in [-0.05, 0) is 31.0 Å². The summed E-state index contributed by atoms with van der Waals surface area (Å²) >= 11 is 0. The highest BCUT2D eigenvalue weighted by molar-refractivity contribution is 5.79. The van der Waals surface area contributed by atoms with E-state index in [1.165, 1.54) is 11.1 Å². The summed E-state index contributed by atoms with van der Waals surface area (Å²) in [6, 6.07) is 16.4. The van der Waals surface area contributed by atoms with Crippen LogP contribution in [0.5, 0.6) is 5.75 Å². The molecule has 2 N–H and O–H groups in total. The number of aryl methyl sites for hydroxylation is 1. The maximum absolute atomic E-state index is 5.65. The Labute approximate surface area is 138 Å². The molecular formula is C19H25N3O. The average Bonchev–Trinajstić information content (AvgIpc) is 2.58. The van der Waals surface area contributed by atoms with Crippen LogP contribution < -0.4 is 15.4 Å². The van der Waals surface area contributed by atoms with Crippen LogP contribution >= 0.6 is 0 Å². The number of hydrogen-bond acceptors (Lipinski definition) is 2. The SMILES string of the molecule is CCOc1ccccc1CNC(=NC)NCc1ccccc1C. The monoisotopic (exact) mass is 311 g/mol. The quantitative estimate of drug-likeness (QED) is 0.636. The molecule has 4 nitrogen and oxygen atoms in total. The molecule has 0 aromatic heterocycles. The van der Waals surface area contributed by atoms with Gasteiger partial charge in [-0.3, -0.25) is 4.99 Å². The molecule has 122 valence electrons. The minimum atomic E-state index is 0.664. The average molecular weight is 311 g/mol. The first-order valence-electron chi connectivity index (χ1n) is 7.94. The van der Waals surface area contributed by atoms with Gasteiger partial charge in [0.05, 0.1) is 6.61 Å². The van der Waals surface area contributed by atoms with Crippen molar-refractivity contribution in [3.8, 4) is 5.75 Å². The molecular weight excluding hydrogens is 286 g/mol. The molecule has 0 bridgehead atoms. The van der Waals surface area contributed by atoms with Crippen molar-refractivity contribution >= 4 is 5.96 Å². The topological polar surface area (TPSA) is 45.6 Å². The maximum atomic E-state index is 5.65. The molecule has 0 atom stereocenters. The van der Waals surface area contributed by atoms with Crippen molar-refractivity contribution in [3.63, 3.8) is 0 Å². The predicted molar refractivity (Wildman–Crippen MR) is 95.8 cm³/mol. The number of rotatable bonds is 6. The molecule has 2 aromatic rings. The number of nitrogens with one attached hydrogen (secondary N) is 2. The van der Waals surface area contributed by atoms with E-state index in [1.54, 1.807) is 7.05 Å². The molecule has 0 unspecified atom stereocenters. The van der Waals surface area contributed by atoms with Crippen LogP contribution in [0.2, 0.25) is 0 Å². The summed E-state index contributed by atoms with van der Waals surface area (Å²) in [4.78, 5) is 4.28. The lowest BCUT2D eigenvalue weighted by Gasteiger charge is -2.15. The number of nitrogens with zero attached hydrogens (tertiary/aromatic N) is 1. The number of benzene rings is 2. The van der Waals surface area contributed by atoms with Crippen LogP contribution in [-0.4, -0.2) is 19.6 Å². The maximum Gasteiger partial charge on any atom is 0.191 e. The van der Waals surface area contributed by atoms with Gasteiger partial charge in [-0.25, -0.2) is 0 Å². The van der Waals surface area contributed by atoms with Crippen LogP contribution in [0, 0.1) is 6.92 Å². The summed E-state index contributed by atoms with van der Waals surface area (Å²) < 4.78 is 5.65. The van der Waals surface area contributed by atoms with Crippen molar-refractivity contribution in [3.05, 3.63) is 65.2 Å². The molecule has 0 spiro atoms. The predicted octanol–water partition coefficient (Wildman–Crippen LogP) is 3.26. The molecule has 0 aliphatic carbocycles. The van der Waals surface area contributed by atoms with Gasteiger partial charge < -0.3 is 15.4 Å². The molecule has 0 radical (unpaired) electrons. The fraction of sp³-hybridized carbons (Fsp3) is 0.316. The smallest absolute Gasteiger partial charge is 0.191 e. The van der Waals surface area contributed by atoms with Crippen molar-refractivity contribution in [1.29, 1.82) is 0 Å². The second kappa shape index (κ2) is 8.83. The summed E-state index contributed by atoms with van der Waals surface area (Å²) in [5, 5.41) is 6.68. The Morgan fingerprint density at radius 2 is 1.57 bits per heavy atom. The first kappa shape index (κ1) is 16.9. The zero-order valence-electron chi connectivity index (χ0n) is 14.1. The van der Waals surface area contributed by atoms with E-state index in [9.17, 15) is 0 Å². The largest absolute Gasteiger partial charge is 0.494 e. The van der Waals surface area contributed by atoms with E-state index < -0.39 is 0 Å². The third kappa shape index (κ3) is 5.02. The lowest BCUT2D eigenvalue weighted by Crippen LogP contribution is -2.36. The Kier molecular flexibility index (Phi) is 6.48. The van der Waals surface area contributed by atoms with Gasteiger partial charge in [0.1, 0.15) is 5.75 Å². The number of ether oxygens (including phenoxy) is 1. The zero-order chi connectivity index (χ0) is 16.5. The Balaban J connectivity index is 1.92. The normalized spacial score (nSPS) is 11.2. The van der Waals surface area contributed by atoms with Crippen LogP contribution in [0.15, 0.2) is 53.5 Å². The van der Waals surface area contributed by atoms with Gasteiger partial charge in [0, 0.05) is 25.7 Å². The summed E-state index contributed by atoms with van der Waals surface area (Å²) in [6.45, 7) is 6.19. The molecule has 0 saturated carbocycles. The summed E-state index contributed by atoms with van der Waals surface area (Å²) in [6.07, 6.45) is 0. The van der Waals surface area contributed by atoms with Crippen molar-refractivity contribution in [2.75, 3.05) is 13.7 Å². The van der Waals surface area contributed by atoms with E-state index in [0.29, 0.717) is 13.2 Å². The molecule has 2 rings (SSSR count). The van der Waals surface area contributed by atoms with Crippen LogP contribution in [0.4, 0.5) is 0 Å². The van der Waals surface area contributed by atoms with Crippen molar-refractivity contribution in [2.45, 2.75) is 26.9 Å². The minimum absolute atomic E-state index is 0.664. The first-order chi connectivity index (χ1) is 11.2. The highest BCUT2D eigenvalue weighted by Crippen LogP contribution is 2.17. The molecule has 2 aromatic carbocycles. The van der Waals surface area contributed by atoms with Gasteiger partial charge in [-0.15, -0.1) is 0 Å². The number of guanidine groups is 1. The van der Waals surface area contributed by atoms with Gasteiger partial charge in [-0.2, -0.15) is 0 Å². The van der Waals surface area contributed by atoms with Gasteiger partial charge in [0.2, 0.25) is 0 Å². The van der Waals surface area contributed by atoms with Crippen LogP contribution in [-0.2, 0) is 13.1 Å². The highest BCUT2D eigenvalue weighted by Gasteiger charge is 2.04. The second-order valence-corrected chi connectivity index (χ2v) is 5.25. The van der Waals surface area contributed by atoms with Crippen molar-refractivity contribution in [2.24, 2.45) is 4.99 Å². The fourth-order valence-electron chi connectivity index (χ4n) is 2.33. The lowest BCUT2D eigenvalue weighted by molar-refractivity contribution is 0.336. The molecule has 0 heterocycles. The fourth-order valence-corrected chi connectivity index (χ4v) is 2.33. The third-order valence-electron chi connectivity index (χ3n) is 3.65. The molecule has 0 fully saturated rings. The number of aliphatic imine (C=N–C) groups is 1. The zero-order valence-corrected chi connectivity index (χ0v) is 14.1. The van der Waals surface area contributed by atoms with E-state index in [-0.39, 0.29) is 0 Å². The number of para-hydroxylation sites is 1. The summed E-state index contributed by atoms with van der Waals surface area (Å²) in [7, 11) is 1.78. The molecule has 23 heavy (non-hydrogen) atoms. The lowest BCUT2D eigenvalue weighted by atomic mass is 10.1. The van der Waals surface area contributed by atoms with E-state index in [0.717, 1.165) is 23.8 Å². The Morgan fingerprint density at radius 3 is 2.22 bits per heavy atom. The van der Waals surface area contributed by atoms with Crippen molar-refractivity contribution in [1.82, 2.24) is 10.6 Å².